The van der Waals surface area contributed by atoms with Crippen molar-refractivity contribution in [3.8, 4) is 0 Å². The van der Waals surface area contributed by atoms with Crippen LogP contribution in [0.25, 0.3) is 0 Å². The molecule has 76 valence electrons. The standard InChI is InChI=1S/C11H14O2S/c12-10(11-6-3-7-14-11)8-13-9-4-1-2-5-9/h3,6-7,9H,1-2,4-5,8H2. The van der Waals surface area contributed by atoms with Gasteiger partial charge in [-0.25, -0.2) is 0 Å². The second kappa shape index (κ2) is 4.71. The fourth-order valence-corrected chi connectivity index (χ4v) is 2.41. The monoisotopic (exact) mass is 210 g/mol. The fraction of sp³-hybridized carbons (Fsp3) is 0.545. The smallest absolute Gasteiger partial charge is 0.198 e. The molecule has 1 aromatic rings. The molecule has 0 atom stereocenters. The molecule has 0 unspecified atom stereocenters. The van der Waals surface area contributed by atoms with Crippen molar-refractivity contribution in [2.45, 2.75) is 31.8 Å². The van der Waals surface area contributed by atoms with Gasteiger partial charge in [-0.3, -0.25) is 4.79 Å². The molecule has 1 aromatic heterocycles. The fourth-order valence-electron chi connectivity index (χ4n) is 1.76. The van der Waals surface area contributed by atoms with E-state index in [0.717, 1.165) is 17.7 Å². The van der Waals surface area contributed by atoms with Gasteiger partial charge in [0.2, 0.25) is 0 Å². The maximum absolute atomic E-state index is 11.5. The van der Waals surface area contributed by atoms with Gasteiger partial charge in [-0.1, -0.05) is 18.9 Å². The van der Waals surface area contributed by atoms with Crippen molar-refractivity contribution < 1.29 is 9.53 Å². The highest BCUT2D eigenvalue weighted by atomic mass is 32.1. The highest BCUT2D eigenvalue weighted by Gasteiger charge is 2.17. The van der Waals surface area contributed by atoms with Crippen molar-refractivity contribution in [2.24, 2.45) is 0 Å². The van der Waals surface area contributed by atoms with Crippen LogP contribution in [0.1, 0.15) is 35.4 Å². The first kappa shape index (κ1) is 9.87. The van der Waals surface area contributed by atoms with E-state index in [9.17, 15) is 4.79 Å². The number of ether oxygens (including phenoxy) is 1. The zero-order valence-electron chi connectivity index (χ0n) is 8.07. The van der Waals surface area contributed by atoms with Crippen LogP contribution in [-0.4, -0.2) is 18.5 Å². The van der Waals surface area contributed by atoms with Crippen LogP contribution in [0.3, 0.4) is 0 Å². The van der Waals surface area contributed by atoms with E-state index in [1.807, 2.05) is 17.5 Å². The molecule has 0 aromatic carbocycles. The Morgan fingerprint density at radius 2 is 2.29 bits per heavy atom. The molecule has 1 heterocycles. The maximum Gasteiger partial charge on any atom is 0.198 e. The number of Topliss-reactive ketones (excluding diaryl/α,β-unsaturated/α-hetero) is 1. The van der Waals surface area contributed by atoms with Gasteiger partial charge in [0.15, 0.2) is 5.78 Å². The van der Waals surface area contributed by atoms with Gasteiger partial charge < -0.3 is 4.74 Å². The minimum absolute atomic E-state index is 0.117. The van der Waals surface area contributed by atoms with E-state index in [0.29, 0.717) is 6.10 Å². The molecular weight excluding hydrogens is 196 g/mol. The SMILES string of the molecule is O=C(COC1CCCC1)c1cccs1. The summed E-state index contributed by atoms with van der Waals surface area (Å²) in [6.07, 6.45) is 5.07. The summed E-state index contributed by atoms with van der Waals surface area (Å²) in [5, 5.41) is 1.92. The quantitative estimate of drug-likeness (QED) is 0.714. The van der Waals surface area contributed by atoms with E-state index in [4.69, 9.17) is 4.74 Å². The Balaban J connectivity index is 1.78. The van der Waals surface area contributed by atoms with Crippen molar-refractivity contribution >= 4 is 17.1 Å². The predicted octanol–water partition coefficient (Wildman–Crippen LogP) is 2.89. The highest BCUT2D eigenvalue weighted by molar-refractivity contribution is 7.12. The second-order valence-electron chi connectivity index (χ2n) is 3.62. The van der Waals surface area contributed by atoms with Crippen molar-refractivity contribution in [1.82, 2.24) is 0 Å². The Morgan fingerprint density at radius 3 is 2.93 bits per heavy atom. The molecule has 0 amide bonds. The summed E-state index contributed by atoms with van der Waals surface area (Å²) in [6, 6.07) is 3.75. The second-order valence-corrected chi connectivity index (χ2v) is 4.57. The molecule has 0 N–H and O–H groups in total. The van der Waals surface area contributed by atoms with Gasteiger partial charge in [-0.15, -0.1) is 11.3 Å². The number of carbonyl (C=O) groups is 1. The number of hydrogen-bond donors (Lipinski definition) is 0. The molecule has 0 radical (unpaired) electrons. The Hall–Kier alpha value is -0.670. The zero-order chi connectivity index (χ0) is 9.80. The molecule has 1 aliphatic rings. The Morgan fingerprint density at radius 1 is 1.50 bits per heavy atom. The average Bonchev–Trinajstić information content (AvgIpc) is 2.87. The van der Waals surface area contributed by atoms with Crippen LogP contribution in [-0.2, 0) is 4.74 Å². The van der Waals surface area contributed by atoms with E-state index >= 15 is 0 Å². The first-order valence-electron chi connectivity index (χ1n) is 5.04. The molecular formula is C11H14O2S. The largest absolute Gasteiger partial charge is 0.370 e. The molecule has 3 heteroatoms. The van der Waals surface area contributed by atoms with Crippen LogP contribution in [0.15, 0.2) is 17.5 Å². The lowest BCUT2D eigenvalue weighted by Crippen LogP contribution is -2.14. The number of thiophene rings is 1. The van der Waals surface area contributed by atoms with Crippen molar-refractivity contribution in [1.29, 1.82) is 0 Å². The lowest BCUT2D eigenvalue weighted by molar-refractivity contribution is 0.0485. The summed E-state index contributed by atoms with van der Waals surface area (Å²) >= 11 is 1.48. The van der Waals surface area contributed by atoms with Crippen LogP contribution in [0.2, 0.25) is 0 Å². The van der Waals surface area contributed by atoms with Gasteiger partial charge in [-0.2, -0.15) is 0 Å². The van der Waals surface area contributed by atoms with Crippen LogP contribution >= 0.6 is 11.3 Å². The van der Waals surface area contributed by atoms with Crippen molar-refractivity contribution in [3.63, 3.8) is 0 Å². The first-order chi connectivity index (χ1) is 6.86. The summed E-state index contributed by atoms with van der Waals surface area (Å²) in [4.78, 5) is 12.4. The number of rotatable bonds is 4. The molecule has 14 heavy (non-hydrogen) atoms. The van der Waals surface area contributed by atoms with E-state index < -0.39 is 0 Å². The summed E-state index contributed by atoms with van der Waals surface area (Å²) in [5.74, 6) is 0.117. The van der Waals surface area contributed by atoms with E-state index in [1.54, 1.807) is 0 Å². The van der Waals surface area contributed by atoms with Crippen LogP contribution in [0, 0.1) is 0 Å². The molecule has 1 saturated carbocycles. The number of hydrogen-bond acceptors (Lipinski definition) is 3. The average molecular weight is 210 g/mol. The molecule has 2 nitrogen and oxygen atoms in total. The topological polar surface area (TPSA) is 26.3 Å². The Bertz CT molecular complexity index is 286. The van der Waals surface area contributed by atoms with Gasteiger partial charge in [0.05, 0.1) is 11.0 Å². The molecule has 0 bridgehead atoms. The molecule has 1 aliphatic carbocycles. The lowest BCUT2D eigenvalue weighted by Gasteiger charge is -2.08. The predicted molar refractivity (Wildman–Crippen MR) is 56.9 cm³/mol. The minimum atomic E-state index is 0.117. The van der Waals surface area contributed by atoms with Gasteiger partial charge in [0.25, 0.3) is 0 Å². The molecule has 2 rings (SSSR count). The van der Waals surface area contributed by atoms with Gasteiger partial charge >= 0.3 is 0 Å². The van der Waals surface area contributed by atoms with Gasteiger partial charge in [0.1, 0.15) is 6.61 Å². The van der Waals surface area contributed by atoms with Crippen LogP contribution in [0.4, 0.5) is 0 Å². The summed E-state index contributed by atoms with van der Waals surface area (Å²) in [7, 11) is 0. The van der Waals surface area contributed by atoms with Crippen LogP contribution in [0.5, 0.6) is 0 Å². The summed E-state index contributed by atoms with van der Waals surface area (Å²) in [6.45, 7) is 0.255. The van der Waals surface area contributed by atoms with Crippen LogP contribution < -0.4 is 0 Å². The van der Waals surface area contributed by atoms with Gasteiger partial charge in [0, 0.05) is 0 Å². The minimum Gasteiger partial charge on any atom is -0.370 e. The molecule has 0 saturated heterocycles. The Kier molecular flexibility index (Phi) is 3.32. The number of carbonyl (C=O) groups excluding carboxylic acids is 1. The zero-order valence-corrected chi connectivity index (χ0v) is 8.89. The van der Waals surface area contributed by atoms with E-state index in [2.05, 4.69) is 0 Å². The third-order valence-electron chi connectivity index (χ3n) is 2.55. The molecule has 1 fully saturated rings. The normalized spacial score (nSPS) is 17.4. The third-order valence-corrected chi connectivity index (χ3v) is 3.46. The van der Waals surface area contributed by atoms with Gasteiger partial charge in [-0.05, 0) is 24.3 Å². The third kappa shape index (κ3) is 2.42. The Labute approximate surface area is 87.9 Å². The summed E-state index contributed by atoms with van der Waals surface area (Å²) < 4.78 is 5.55. The molecule has 0 spiro atoms. The maximum atomic E-state index is 11.5. The van der Waals surface area contributed by atoms with E-state index in [1.165, 1.54) is 24.2 Å². The van der Waals surface area contributed by atoms with Crippen molar-refractivity contribution in [2.75, 3.05) is 6.61 Å². The van der Waals surface area contributed by atoms with E-state index in [-0.39, 0.29) is 12.4 Å². The first-order valence-corrected chi connectivity index (χ1v) is 5.92. The number of ketones is 1. The summed E-state index contributed by atoms with van der Waals surface area (Å²) in [5.41, 5.74) is 0. The lowest BCUT2D eigenvalue weighted by atomic mass is 10.3. The highest BCUT2D eigenvalue weighted by Crippen LogP contribution is 2.21. The molecule has 0 aliphatic heterocycles. The van der Waals surface area contributed by atoms with Crippen molar-refractivity contribution in [3.05, 3.63) is 22.4 Å².